The standard InChI is InChI=1S/C17H15ClN2O3S/c1-3-8-24-16-12(9-19)13(10-4-6-11(18)7-5-10)14(15(21)20-16)17(22)23-2/h3-7,13-14H,1,8H2,2H3,(H,20,21)/t13?,14-/m1/s1. The molecule has 1 N–H and O–H groups in total. The molecular formula is C17H15ClN2O3S. The molecule has 1 aromatic rings. The van der Waals surface area contributed by atoms with E-state index in [0.29, 0.717) is 26.9 Å². The molecule has 0 spiro atoms. The highest BCUT2D eigenvalue weighted by atomic mass is 35.5. The van der Waals surface area contributed by atoms with Crippen LogP contribution in [0.5, 0.6) is 0 Å². The van der Waals surface area contributed by atoms with Crippen LogP contribution in [0, 0.1) is 17.2 Å². The third-order valence-corrected chi connectivity index (χ3v) is 4.82. The van der Waals surface area contributed by atoms with Crippen molar-refractivity contribution in [3.05, 3.63) is 58.1 Å². The van der Waals surface area contributed by atoms with E-state index in [-0.39, 0.29) is 0 Å². The lowest BCUT2D eigenvalue weighted by Crippen LogP contribution is -2.44. The summed E-state index contributed by atoms with van der Waals surface area (Å²) in [6.07, 6.45) is 1.67. The van der Waals surface area contributed by atoms with Crippen molar-refractivity contribution >= 4 is 35.2 Å². The van der Waals surface area contributed by atoms with Crippen LogP contribution in [0.3, 0.4) is 0 Å². The van der Waals surface area contributed by atoms with Gasteiger partial charge in [-0.2, -0.15) is 5.26 Å². The molecule has 7 heteroatoms. The van der Waals surface area contributed by atoms with Crippen LogP contribution in [-0.2, 0) is 14.3 Å². The highest BCUT2D eigenvalue weighted by Crippen LogP contribution is 2.40. The van der Waals surface area contributed by atoms with E-state index in [2.05, 4.69) is 18.0 Å². The Hall–Kier alpha value is -2.23. The Morgan fingerprint density at radius 2 is 2.17 bits per heavy atom. The summed E-state index contributed by atoms with van der Waals surface area (Å²) >= 11 is 7.20. The number of nitriles is 1. The predicted octanol–water partition coefficient (Wildman–Crippen LogP) is 3.00. The Kier molecular flexibility index (Phi) is 6.07. The van der Waals surface area contributed by atoms with Gasteiger partial charge in [-0.05, 0) is 17.7 Å². The van der Waals surface area contributed by atoms with E-state index in [0.717, 1.165) is 0 Å². The van der Waals surface area contributed by atoms with Crippen molar-refractivity contribution < 1.29 is 14.3 Å². The quantitative estimate of drug-likeness (QED) is 0.495. The second kappa shape index (κ2) is 8.04. The molecule has 5 nitrogen and oxygen atoms in total. The van der Waals surface area contributed by atoms with Crippen LogP contribution in [0.1, 0.15) is 11.5 Å². The van der Waals surface area contributed by atoms with Crippen molar-refractivity contribution in [2.24, 2.45) is 5.92 Å². The fourth-order valence-corrected chi connectivity index (χ4v) is 3.40. The molecule has 1 aromatic carbocycles. The van der Waals surface area contributed by atoms with E-state index in [1.165, 1.54) is 18.9 Å². The predicted molar refractivity (Wildman–Crippen MR) is 93.1 cm³/mol. The third-order valence-electron chi connectivity index (χ3n) is 3.56. The molecule has 0 saturated carbocycles. The number of thioether (sulfide) groups is 1. The van der Waals surface area contributed by atoms with Crippen LogP contribution in [0.4, 0.5) is 0 Å². The molecule has 0 radical (unpaired) electrons. The van der Waals surface area contributed by atoms with Gasteiger partial charge in [0.2, 0.25) is 5.91 Å². The van der Waals surface area contributed by atoms with Gasteiger partial charge in [-0.15, -0.1) is 18.3 Å². The number of hydrogen-bond donors (Lipinski definition) is 1. The number of rotatable bonds is 5. The lowest BCUT2D eigenvalue weighted by Gasteiger charge is -2.30. The Bertz CT molecular complexity index is 737. The number of esters is 1. The Balaban J connectivity index is 2.59. The normalized spacial score (nSPS) is 20.1. The average molecular weight is 363 g/mol. The summed E-state index contributed by atoms with van der Waals surface area (Å²) in [6.45, 7) is 3.63. The topological polar surface area (TPSA) is 79.2 Å². The van der Waals surface area contributed by atoms with Gasteiger partial charge in [0.25, 0.3) is 0 Å². The molecule has 1 unspecified atom stereocenters. The first-order valence-corrected chi connectivity index (χ1v) is 8.42. The zero-order chi connectivity index (χ0) is 17.7. The maximum absolute atomic E-state index is 12.5. The molecule has 0 aliphatic carbocycles. The largest absolute Gasteiger partial charge is 0.468 e. The molecule has 124 valence electrons. The van der Waals surface area contributed by atoms with Crippen molar-refractivity contribution in [2.75, 3.05) is 12.9 Å². The number of nitrogens with zero attached hydrogens (tertiary/aromatic N) is 1. The number of carbonyl (C=O) groups excluding carboxylic acids is 2. The Morgan fingerprint density at radius 1 is 1.50 bits per heavy atom. The van der Waals surface area contributed by atoms with E-state index in [4.69, 9.17) is 16.3 Å². The van der Waals surface area contributed by atoms with Crippen LogP contribution in [0.25, 0.3) is 0 Å². The van der Waals surface area contributed by atoms with Crippen molar-refractivity contribution in [3.63, 3.8) is 0 Å². The zero-order valence-electron chi connectivity index (χ0n) is 12.9. The van der Waals surface area contributed by atoms with Gasteiger partial charge in [0.1, 0.15) is 5.92 Å². The smallest absolute Gasteiger partial charge is 0.319 e. The minimum absolute atomic E-state index is 0.319. The summed E-state index contributed by atoms with van der Waals surface area (Å²) < 4.78 is 4.76. The van der Waals surface area contributed by atoms with Gasteiger partial charge >= 0.3 is 5.97 Å². The van der Waals surface area contributed by atoms with Gasteiger partial charge in [0.15, 0.2) is 0 Å². The molecule has 0 saturated heterocycles. The summed E-state index contributed by atoms with van der Waals surface area (Å²) in [6, 6.07) is 8.84. The second-order valence-corrected chi connectivity index (χ2v) is 6.44. The highest BCUT2D eigenvalue weighted by Gasteiger charge is 2.44. The molecule has 2 atom stereocenters. The lowest BCUT2D eigenvalue weighted by atomic mass is 9.78. The maximum atomic E-state index is 12.5. The van der Waals surface area contributed by atoms with E-state index in [1.807, 2.05) is 0 Å². The number of ether oxygens (including phenoxy) is 1. The number of carbonyl (C=O) groups is 2. The third kappa shape index (κ3) is 3.64. The summed E-state index contributed by atoms with van der Waals surface area (Å²) in [7, 11) is 1.21. The highest BCUT2D eigenvalue weighted by molar-refractivity contribution is 8.03. The number of nitrogens with one attached hydrogen (secondary N) is 1. The molecule has 1 aliphatic heterocycles. The van der Waals surface area contributed by atoms with Crippen LogP contribution >= 0.6 is 23.4 Å². The summed E-state index contributed by atoms with van der Waals surface area (Å²) in [5.41, 5.74) is 0.970. The van der Waals surface area contributed by atoms with E-state index >= 15 is 0 Å². The van der Waals surface area contributed by atoms with Crippen LogP contribution in [-0.4, -0.2) is 24.7 Å². The SMILES string of the molecule is C=CCSC1=C(C#N)C(c2ccc(Cl)cc2)[C@@H](C(=O)OC)C(=O)N1. The van der Waals surface area contributed by atoms with Crippen LogP contribution in [0.2, 0.25) is 5.02 Å². The molecule has 0 bridgehead atoms. The monoisotopic (exact) mass is 362 g/mol. The minimum Gasteiger partial charge on any atom is -0.468 e. The van der Waals surface area contributed by atoms with Gasteiger partial charge in [-0.1, -0.05) is 29.8 Å². The number of amides is 1. The first-order chi connectivity index (χ1) is 11.5. The summed E-state index contributed by atoms with van der Waals surface area (Å²) in [5, 5.41) is 13.2. The summed E-state index contributed by atoms with van der Waals surface area (Å²) in [4.78, 5) is 24.6. The number of methoxy groups -OCH3 is 1. The van der Waals surface area contributed by atoms with Gasteiger partial charge in [0.05, 0.1) is 23.8 Å². The van der Waals surface area contributed by atoms with E-state index in [9.17, 15) is 14.9 Å². The molecule has 1 heterocycles. The maximum Gasteiger partial charge on any atom is 0.319 e. The van der Waals surface area contributed by atoms with Crippen molar-refractivity contribution in [1.29, 1.82) is 5.26 Å². The number of halogens is 1. The van der Waals surface area contributed by atoms with Gasteiger partial charge in [-0.25, -0.2) is 0 Å². The molecule has 24 heavy (non-hydrogen) atoms. The van der Waals surface area contributed by atoms with E-state index < -0.39 is 23.7 Å². The number of hydrogen-bond acceptors (Lipinski definition) is 5. The summed E-state index contributed by atoms with van der Waals surface area (Å²) in [5.74, 6) is -2.50. The number of benzene rings is 1. The fraction of sp³-hybridized carbons (Fsp3) is 0.235. The molecule has 2 rings (SSSR count). The van der Waals surface area contributed by atoms with Crippen molar-refractivity contribution in [1.82, 2.24) is 5.32 Å². The number of allylic oxidation sites excluding steroid dienone is 1. The van der Waals surface area contributed by atoms with Gasteiger partial charge in [-0.3, -0.25) is 9.59 Å². The van der Waals surface area contributed by atoms with Crippen molar-refractivity contribution in [3.8, 4) is 6.07 Å². The van der Waals surface area contributed by atoms with Crippen LogP contribution in [0.15, 0.2) is 47.5 Å². The second-order valence-electron chi connectivity index (χ2n) is 4.97. The minimum atomic E-state index is -1.13. The van der Waals surface area contributed by atoms with Gasteiger partial charge < -0.3 is 10.1 Å². The average Bonchev–Trinajstić information content (AvgIpc) is 2.59. The molecule has 0 aromatic heterocycles. The lowest BCUT2D eigenvalue weighted by molar-refractivity contribution is -0.150. The van der Waals surface area contributed by atoms with Crippen LogP contribution < -0.4 is 5.32 Å². The molecule has 0 fully saturated rings. The zero-order valence-corrected chi connectivity index (χ0v) is 14.5. The Labute approximate surface area is 149 Å². The first-order valence-electron chi connectivity index (χ1n) is 7.05. The Morgan fingerprint density at radius 3 is 2.71 bits per heavy atom. The molecule has 1 amide bonds. The fourth-order valence-electron chi connectivity index (χ4n) is 2.49. The molecular weight excluding hydrogens is 348 g/mol. The van der Waals surface area contributed by atoms with Gasteiger partial charge in [0, 0.05) is 16.7 Å². The first kappa shape index (κ1) is 18.1. The van der Waals surface area contributed by atoms with E-state index in [1.54, 1.807) is 30.3 Å². The molecule has 1 aliphatic rings. The van der Waals surface area contributed by atoms with Crippen molar-refractivity contribution in [2.45, 2.75) is 5.92 Å².